The first-order valence-corrected chi connectivity index (χ1v) is 11.0. The van der Waals surface area contributed by atoms with Crippen LogP contribution in [0.2, 0.25) is 5.02 Å². The first-order valence-electron chi connectivity index (χ1n) is 10.7. The van der Waals surface area contributed by atoms with Gasteiger partial charge in [0, 0.05) is 30.9 Å². The highest BCUT2D eigenvalue weighted by atomic mass is 35.5. The van der Waals surface area contributed by atoms with Crippen LogP contribution in [-0.4, -0.2) is 71.0 Å². The van der Waals surface area contributed by atoms with Gasteiger partial charge in [-0.1, -0.05) is 29.8 Å². The second-order valence-corrected chi connectivity index (χ2v) is 8.88. The van der Waals surface area contributed by atoms with E-state index in [4.69, 9.17) is 16.3 Å². The smallest absolute Gasteiger partial charge is 0.251 e. The van der Waals surface area contributed by atoms with E-state index in [0.29, 0.717) is 44.3 Å². The van der Waals surface area contributed by atoms with Gasteiger partial charge in [-0.3, -0.25) is 9.59 Å². The van der Waals surface area contributed by atoms with E-state index in [2.05, 4.69) is 9.88 Å². The van der Waals surface area contributed by atoms with Crippen LogP contribution < -0.4 is 4.90 Å². The molecule has 1 spiro atoms. The van der Waals surface area contributed by atoms with Gasteiger partial charge >= 0.3 is 0 Å². The highest BCUT2D eigenvalue weighted by Crippen LogP contribution is 2.37. The van der Waals surface area contributed by atoms with Crippen LogP contribution in [0.4, 0.5) is 5.82 Å². The lowest BCUT2D eigenvalue weighted by atomic mass is 9.89. The van der Waals surface area contributed by atoms with Gasteiger partial charge in [0.2, 0.25) is 5.91 Å². The van der Waals surface area contributed by atoms with Gasteiger partial charge < -0.3 is 19.4 Å². The third-order valence-electron chi connectivity index (χ3n) is 6.60. The van der Waals surface area contributed by atoms with Crippen LogP contribution in [0.5, 0.6) is 0 Å². The number of piperazine rings is 1. The zero-order valence-corrected chi connectivity index (χ0v) is 18.0. The first-order chi connectivity index (χ1) is 15.1. The predicted octanol–water partition coefficient (Wildman–Crippen LogP) is 2.34. The average molecular weight is 441 g/mol. The summed E-state index contributed by atoms with van der Waals surface area (Å²) in [5.74, 6) is 0.826. The second kappa shape index (κ2) is 8.13. The minimum atomic E-state index is -0.908. The van der Waals surface area contributed by atoms with Crippen molar-refractivity contribution in [1.82, 2.24) is 14.8 Å². The molecule has 2 amide bonds. The van der Waals surface area contributed by atoms with Crippen LogP contribution >= 0.6 is 11.6 Å². The number of rotatable bonds is 4. The fourth-order valence-corrected chi connectivity index (χ4v) is 5.05. The summed E-state index contributed by atoms with van der Waals surface area (Å²) in [6.45, 7) is 2.72. The van der Waals surface area contributed by atoms with Crippen LogP contribution in [0.15, 0.2) is 48.7 Å². The second-order valence-electron chi connectivity index (χ2n) is 8.45. The molecule has 2 atom stereocenters. The van der Waals surface area contributed by atoms with Crippen LogP contribution in [0.3, 0.4) is 0 Å². The number of aromatic nitrogens is 1. The van der Waals surface area contributed by atoms with Crippen molar-refractivity contribution in [2.75, 3.05) is 37.7 Å². The van der Waals surface area contributed by atoms with E-state index >= 15 is 0 Å². The van der Waals surface area contributed by atoms with E-state index in [1.54, 1.807) is 16.0 Å². The Kier molecular flexibility index (Phi) is 5.32. The molecule has 3 aliphatic rings. The van der Waals surface area contributed by atoms with Crippen LogP contribution in [0, 0.1) is 0 Å². The fourth-order valence-electron chi connectivity index (χ4n) is 4.92. The van der Waals surface area contributed by atoms with E-state index in [0.717, 1.165) is 17.8 Å². The third kappa shape index (κ3) is 3.66. The number of carbonyl (C=O) groups is 2. The molecule has 4 heterocycles. The number of pyridine rings is 1. The highest BCUT2D eigenvalue weighted by molar-refractivity contribution is 6.30. The van der Waals surface area contributed by atoms with Gasteiger partial charge in [0.05, 0.1) is 19.2 Å². The molecule has 0 N–H and O–H groups in total. The average Bonchev–Trinajstić information content (AvgIpc) is 3.47. The lowest BCUT2D eigenvalue weighted by molar-refractivity contribution is -0.166. The summed E-state index contributed by atoms with van der Waals surface area (Å²) in [6, 6.07) is 13.2. The van der Waals surface area contributed by atoms with Crippen molar-refractivity contribution in [2.45, 2.75) is 31.0 Å². The van der Waals surface area contributed by atoms with Crippen LogP contribution in [0.1, 0.15) is 18.4 Å². The molecule has 3 saturated heterocycles. The van der Waals surface area contributed by atoms with Crippen molar-refractivity contribution in [3.63, 3.8) is 0 Å². The normalized spacial score (nSPS) is 26.4. The largest absolute Gasteiger partial charge is 0.379 e. The van der Waals surface area contributed by atoms with Crippen molar-refractivity contribution >= 4 is 29.2 Å². The Hall–Kier alpha value is -2.64. The molecule has 3 fully saturated rings. The molecule has 3 aliphatic heterocycles. The summed E-state index contributed by atoms with van der Waals surface area (Å²) in [4.78, 5) is 37.4. The molecular formula is C23H25ClN4O3. The van der Waals surface area contributed by atoms with Gasteiger partial charge in [0.1, 0.15) is 17.9 Å². The minimum absolute atomic E-state index is 0.0231. The molecule has 1 aromatic heterocycles. The van der Waals surface area contributed by atoms with E-state index in [1.165, 1.54) is 0 Å². The van der Waals surface area contributed by atoms with Gasteiger partial charge in [0.15, 0.2) is 0 Å². The topological polar surface area (TPSA) is 66.0 Å². The third-order valence-corrected chi connectivity index (χ3v) is 6.86. The number of ether oxygens (including phenoxy) is 1. The van der Waals surface area contributed by atoms with E-state index < -0.39 is 5.54 Å². The molecule has 2 unspecified atom stereocenters. The molecule has 5 rings (SSSR count). The number of nitrogens with zero attached hydrogens (tertiary/aromatic N) is 4. The van der Waals surface area contributed by atoms with Crippen molar-refractivity contribution in [3.8, 4) is 0 Å². The molecule has 31 heavy (non-hydrogen) atoms. The molecule has 0 bridgehead atoms. The number of anilines is 1. The molecule has 0 radical (unpaired) electrons. The van der Waals surface area contributed by atoms with E-state index in [1.807, 2.05) is 42.5 Å². The Morgan fingerprint density at radius 2 is 2.00 bits per heavy atom. The number of amides is 2. The molecular weight excluding hydrogens is 416 g/mol. The summed E-state index contributed by atoms with van der Waals surface area (Å²) >= 11 is 6.04. The Labute approximate surface area is 186 Å². The lowest BCUT2D eigenvalue weighted by Gasteiger charge is -2.48. The molecule has 2 aromatic rings. The van der Waals surface area contributed by atoms with Gasteiger partial charge in [0.25, 0.3) is 5.91 Å². The predicted molar refractivity (Wildman–Crippen MR) is 117 cm³/mol. The zero-order valence-electron chi connectivity index (χ0n) is 17.2. The van der Waals surface area contributed by atoms with Crippen molar-refractivity contribution in [3.05, 3.63) is 59.2 Å². The Morgan fingerprint density at radius 1 is 1.16 bits per heavy atom. The maximum absolute atomic E-state index is 13.9. The maximum Gasteiger partial charge on any atom is 0.251 e. The molecule has 0 saturated carbocycles. The highest BCUT2D eigenvalue weighted by Gasteiger charge is 2.57. The molecule has 8 heteroatoms. The standard InChI is InChI=1S/C23H25ClN4O3/c24-18-6-4-17(5-7-18)13-28-21(29)14-27(19-8-12-31-15-19)22(30)23(28)9-11-26(16-23)20-3-1-2-10-25-20/h1-7,10,19H,8-9,11-16H2. The number of hydrogen-bond acceptors (Lipinski definition) is 5. The van der Waals surface area contributed by atoms with Crippen molar-refractivity contribution < 1.29 is 14.3 Å². The van der Waals surface area contributed by atoms with Crippen molar-refractivity contribution in [2.24, 2.45) is 0 Å². The fraction of sp³-hybridized carbons (Fsp3) is 0.435. The number of carbonyl (C=O) groups excluding carboxylic acids is 2. The SMILES string of the molecule is O=C1CN(C2CCOC2)C(=O)C2(CCN(c3ccccn3)C2)N1Cc1ccc(Cl)cc1. The van der Waals surface area contributed by atoms with Gasteiger partial charge in [-0.2, -0.15) is 0 Å². The Morgan fingerprint density at radius 3 is 2.71 bits per heavy atom. The summed E-state index contributed by atoms with van der Waals surface area (Å²) in [5.41, 5.74) is 0.0496. The zero-order chi connectivity index (χ0) is 21.4. The molecule has 0 aliphatic carbocycles. The monoisotopic (exact) mass is 440 g/mol. The lowest BCUT2D eigenvalue weighted by Crippen LogP contribution is -2.70. The van der Waals surface area contributed by atoms with Gasteiger partial charge in [-0.15, -0.1) is 0 Å². The van der Waals surface area contributed by atoms with Gasteiger partial charge in [-0.05, 0) is 42.7 Å². The van der Waals surface area contributed by atoms with Crippen LogP contribution in [-0.2, 0) is 20.9 Å². The van der Waals surface area contributed by atoms with E-state index in [-0.39, 0.29) is 24.4 Å². The summed E-state index contributed by atoms with van der Waals surface area (Å²) in [5, 5.41) is 0.647. The van der Waals surface area contributed by atoms with Crippen molar-refractivity contribution in [1.29, 1.82) is 0 Å². The number of hydrogen-bond donors (Lipinski definition) is 0. The summed E-state index contributed by atoms with van der Waals surface area (Å²) < 4.78 is 5.52. The molecule has 7 nitrogen and oxygen atoms in total. The first kappa shape index (κ1) is 20.3. The van der Waals surface area contributed by atoms with Gasteiger partial charge in [-0.25, -0.2) is 4.98 Å². The molecule has 1 aromatic carbocycles. The quantitative estimate of drug-likeness (QED) is 0.730. The Bertz CT molecular complexity index is 965. The number of benzene rings is 1. The number of halogens is 1. The minimum Gasteiger partial charge on any atom is -0.379 e. The molecule has 162 valence electrons. The maximum atomic E-state index is 13.9. The Balaban J connectivity index is 1.49. The summed E-state index contributed by atoms with van der Waals surface area (Å²) in [7, 11) is 0. The summed E-state index contributed by atoms with van der Waals surface area (Å²) in [6.07, 6.45) is 3.10. The van der Waals surface area contributed by atoms with Crippen LogP contribution in [0.25, 0.3) is 0 Å². The van der Waals surface area contributed by atoms with E-state index in [9.17, 15) is 9.59 Å².